The van der Waals surface area contributed by atoms with Gasteiger partial charge in [0.1, 0.15) is 6.04 Å². The molecule has 1 atom stereocenters. The summed E-state index contributed by atoms with van der Waals surface area (Å²) >= 11 is 0. The third kappa shape index (κ3) is 2.86. The average Bonchev–Trinajstić information content (AvgIpc) is 2.52. The predicted octanol–water partition coefficient (Wildman–Crippen LogP) is 1.54. The van der Waals surface area contributed by atoms with Gasteiger partial charge in [-0.2, -0.15) is 0 Å². The van der Waals surface area contributed by atoms with E-state index in [0.29, 0.717) is 0 Å². The molecule has 20 heavy (non-hydrogen) atoms. The van der Waals surface area contributed by atoms with Crippen LogP contribution in [0.3, 0.4) is 0 Å². The zero-order valence-corrected chi connectivity index (χ0v) is 12.3. The quantitative estimate of drug-likeness (QED) is 0.764. The minimum atomic E-state index is -0.509. The molecule has 1 aliphatic heterocycles. The summed E-state index contributed by atoms with van der Waals surface area (Å²) in [6, 6.07) is 7.74. The molecule has 1 aromatic rings. The van der Waals surface area contributed by atoms with Gasteiger partial charge in [-0.05, 0) is 30.4 Å². The Morgan fingerprint density at radius 2 is 2.10 bits per heavy atom. The van der Waals surface area contributed by atoms with E-state index in [1.807, 2.05) is 32.0 Å². The number of aliphatic hydroxyl groups excluding tert-OH is 1. The van der Waals surface area contributed by atoms with Crippen LogP contribution in [0, 0.1) is 0 Å². The molecule has 0 aliphatic carbocycles. The molecule has 0 saturated heterocycles. The molecule has 0 aromatic heterocycles. The van der Waals surface area contributed by atoms with E-state index in [0.717, 1.165) is 31.4 Å². The lowest BCUT2D eigenvalue weighted by molar-refractivity contribution is -0.126. The van der Waals surface area contributed by atoms with E-state index < -0.39 is 5.54 Å². The van der Waals surface area contributed by atoms with Crippen molar-refractivity contribution in [1.29, 1.82) is 0 Å². The largest absolute Gasteiger partial charge is 0.394 e. The van der Waals surface area contributed by atoms with Crippen LogP contribution in [-0.2, 0) is 11.2 Å². The van der Waals surface area contributed by atoms with E-state index in [4.69, 9.17) is 0 Å². The molecule has 3 N–H and O–H groups in total. The van der Waals surface area contributed by atoms with E-state index in [-0.39, 0.29) is 18.6 Å². The number of rotatable bonds is 5. The number of nitrogens with one attached hydrogen (secondary N) is 2. The van der Waals surface area contributed by atoms with Gasteiger partial charge in [-0.25, -0.2) is 0 Å². The first-order valence-electron chi connectivity index (χ1n) is 7.40. The van der Waals surface area contributed by atoms with Gasteiger partial charge in [0.2, 0.25) is 5.91 Å². The summed E-state index contributed by atoms with van der Waals surface area (Å²) < 4.78 is 0. The van der Waals surface area contributed by atoms with E-state index in [2.05, 4.69) is 16.7 Å². The van der Waals surface area contributed by atoms with Gasteiger partial charge in [0.05, 0.1) is 12.1 Å². The molecule has 1 unspecified atom stereocenters. The van der Waals surface area contributed by atoms with Crippen molar-refractivity contribution in [3.05, 3.63) is 35.4 Å². The van der Waals surface area contributed by atoms with Crippen molar-refractivity contribution in [2.45, 2.75) is 44.7 Å². The predicted molar refractivity (Wildman–Crippen MR) is 79.4 cm³/mol. The Morgan fingerprint density at radius 3 is 2.75 bits per heavy atom. The molecule has 1 aliphatic rings. The maximum atomic E-state index is 12.6. The van der Waals surface area contributed by atoms with Gasteiger partial charge < -0.3 is 15.7 Å². The summed E-state index contributed by atoms with van der Waals surface area (Å²) in [5.41, 5.74) is 1.77. The molecule has 0 saturated carbocycles. The monoisotopic (exact) mass is 276 g/mol. The van der Waals surface area contributed by atoms with Crippen molar-refractivity contribution >= 4 is 5.91 Å². The highest BCUT2D eigenvalue weighted by molar-refractivity contribution is 5.84. The van der Waals surface area contributed by atoms with Crippen molar-refractivity contribution < 1.29 is 9.90 Å². The summed E-state index contributed by atoms with van der Waals surface area (Å²) in [4.78, 5) is 12.6. The van der Waals surface area contributed by atoms with Crippen molar-refractivity contribution in [3.8, 4) is 0 Å². The number of hydrogen-bond donors (Lipinski definition) is 3. The fourth-order valence-corrected chi connectivity index (χ4v) is 2.76. The second-order valence-corrected chi connectivity index (χ2v) is 5.47. The number of aliphatic hydroxyl groups is 1. The highest BCUT2D eigenvalue weighted by atomic mass is 16.3. The number of benzene rings is 1. The Balaban J connectivity index is 2.19. The lowest BCUT2D eigenvalue weighted by atomic mass is 9.90. The third-order valence-corrected chi connectivity index (χ3v) is 4.42. The Kier molecular flexibility index (Phi) is 4.78. The van der Waals surface area contributed by atoms with Crippen LogP contribution in [0.2, 0.25) is 0 Å². The maximum Gasteiger partial charge on any atom is 0.242 e. The fourth-order valence-electron chi connectivity index (χ4n) is 2.76. The second-order valence-electron chi connectivity index (χ2n) is 5.47. The number of carbonyl (C=O) groups is 1. The molecule has 4 nitrogen and oxygen atoms in total. The molecule has 0 radical (unpaired) electrons. The normalized spacial score (nSPS) is 18.4. The van der Waals surface area contributed by atoms with Crippen LogP contribution in [0.5, 0.6) is 0 Å². The van der Waals surface area contributed by atoms with Gasteiger partial charge in [0.15, 0.2) is 0 Å². The highest BCUT2D eigenvalue weighted by Crippen LogP contribution is 2.24. The van der Waals surface area contributed by atoms with Gasteiger partial charge in [0.25, 0.3) is 0 Å². The van der Waals surface area contributed by atoms with Crippen LogP contribution in [0.25, 0.3) is 0 Å². The van der Waals surface area contributed by atoms with Crippen LogP contribution < -0.4 is 10.6 Å². The highest BCUT2D eigenvalue weighted by Gasteiger charge is 2.32. The molecule has 4 heteroatoms. The number of carbonyl (C=O) groups excluding carboxylic acids is 1. The molecular weight excluding hydrogens is 252 g/mol. The molecule has 110 valence electrons. The summed E-state index contributed by atoms with van der Waals surface area (Å²) in [6.45, 7) is 4.75. The summed E-state index contributed by atoms with van der Waals surface area (Å²) in [6.07, 6.45) is 2.40. The van der Waals surface area contributed by atoms with Crippen molar-refractivity contribution in [2.75, 3.05) is 13.2 Å². The van der Waals surface area contributed by atoms with Gasteiger partial charge in [0, 0.05) is 6.54 Å². The molecule has 1 aromatic carbocycles. The Bertz CT molecular complexity index is 461. The molecular formula is C16H24N2O2. The minimum Gasteiger partial charge on any atom is -0.394 e. The minimum absolute atomic E-state index is 0.0277. The number of hydrogen-bond acceptors (Lipinski definition) is 3. The van der Waals surface area contributed by atoms with Crippen LogP contribution in [0.1, 0.15) is 43.9 Å². The summed E-state index contributed by atoms with van der Waals surface area (Å²) in [5.74, 6) is -0.0464. The summed E-state index contributed by atoms with van der Waals surface area (Å²) in [7, 11) is 0. The molecule has 0 spiro atoms. The zero-order chi connectivity index (χ0) is 14.6. The second kappa shape index (κ2) is 6.37. The first-order chi connectivity index (χ1) is 9.65. The van der Waals surface area contributed by atoms with Crippen molar-refractivity contribution in [3.63, 3.8) is 0 Å². The van der Waals surface area contributed by atoms with Gasteiger partial charge in [-0.3, -0.25) is 4.79 Å². The first-order valence-corrected chi connectivity index (χ1v) is 7.40. The number of fused-ring (bicyclic) bond motifs is 1. The van der Waals surface area contributed by atoms with Crippen LogP contribution in [0.4, 0.5) is 0 Å². The number of amides is 1. The SMILES string of the molecule is CCC(CC)(CO)NC(=O)C1NCCc2ccccc21. The van der Waals surface area contributed by atoms with Gasteiger partial charge >= 0.3 is 0 Å². The van der Waals surface area contributed by atoms with Crippen LogP contribution in [-0.4, -0.2) is 29.7 Å². The van der Waals surface area contributed by atoms with E-state index in [1.54, 1.807) is 0 Å². The smallest absolute Gasteiger partial charge is 0.242 e. The Labute approximate surface area is 120 Å². The third-order valence-electron chi connectivity index (χ3n) is 4.42. The van der Waals surface area contributed by atoms with E-state index in [1.165, 1.54) is 5.56 Å². The fraction of sp³-hybridized carbons (Fsp3) is 0.562. The molecule has 1 heterocycles. The molecule has 2 rings (SSSR count). The first kappa shape index (κ1) is 15.0. The zero-order valence-electron chi connectivity index (χ0n) is 12.3. The van der Waals surface area contributed by atoms with Gasteiger partial charge in [-0.1, -0.05) is 38.1 Å². The Hall–Kier alpha value is -1.39. The van der Waals surface area contributed by atoms with Gasteiger partial charge in [-0.15, -0.1) is 0 Å². The summed E-state index contributed by atoms with van der Waals surface area (Å²) in [5, 5.41) is 15.9. The molecule has 1 amide bonds. The topological polar surface area (TPSA) is 61.4 Å². The Morgan fingerprint density at radius 1 is 1.40 bits per heavy atom. The molecule has 0 fully saturated rings. The lowest BCUT2D eigenvalue weighted by Gasteiger charge is -2.34. The van der Waals surface area contributed by atoms with E-state index >= 15 is 0 Å². The van der Waals surface area contributed by atoms with Crippen LogP contribution >= 0.6 is 0 Å². The van der Waals surface area contributed by atoms with Crippen LogP contribution in [0.15, 0.2) is 24.3 Å². The lowest BCUT2D eigenvalue weighted by Crippen LogP contribution is -2.54. The van der Waals surface area contributed by atoms with Crippen molar-refractivity contribution in [1.82, 2.24) is 10.6 Å². The maximum absolute atomic E-state index is 12.6. The molecule has 0 bridgehead atoms. The van der Waals surface area contributed by atoms with Crippen molar-refractivity contribution in [2.24, 2.45) is 0 Å². The standard InChI is InChI=1S/C16H24N2O2/c1-3-16(4-2,11-19)18-15(20)14-13-8-6-5-7-12(13)9-10-17-14/h5-8,14,17,19H,3-4,9-11H2,1-2H3,(H,18,20). The average molecular weight is 276 g/mol. The van der Waals surface area contributed by atoms with E-state index in [9.17, 15) is 9.90 Å².